The molecule has 0 aliphatic heterocycles. The van der Waals surface area contributed by atoms with Gasteiger partial charge in [-0.05, 0) is 25.7 Å². The van der Waals surface area contributed by atoms with Crippen molar-refractivity contribution in [3.05, 3.63) is 0 Å². The molecule has 14 heavy (non-hydrogen) atoms. The lowest BCUT2D eigenvalue weighted by Gasteiger charge is -2.38. The van der Waals surface area contributed by atoms with Crippen LogP contribution in [-0.4, -0.2) is 5.54 Å². The van der Waals surface area contributed by atoms with Crippen LogP contribution < -0.4 is 5.73 Å². The van der Waals surface area contributed by atoms with Crippen LogP contribution in [0.5, 0.6) is 0 Å². The van der Waals surface area contributed by atoms with E-state index in [2.05, 4.69) is 6.92 Å². The second-order valence-electron chi connectivity index (χ2n) is 5.09. The Morgan fingerprint density at radius 2 is 1.50 bits per heavy atom. The van der Waals surface area contributed by atoms with E-state index in [4.69, 9.17) is 5.73 Å². The van der Waals surface area contributed by atoms with Gasteiger partial charge in [0, 0.05) is 5.54 Å². The molecule has 1 rings (SSSR count). The average molecular weight is 197 g/mol. The van der Waals surface area contributed by atoms with Crippen molar-refractivity contribution in [1.29, 1.82) is 0 Å². The Hall–Kier alpha value is -0.0400. The summed E-state index contributed by atoms with van der Waals surface area (Å²) in [6.07, 6.45) is 15.0. The van der Waals surface area contributed by atoms with E-state index in [1.54, 1.807) is 0 Å². The summed E-state index contributed by atoms with van der Waals surface area (Å²) in [5.74, 6) is 0. The molecule has 0 unspecified atom stereocenters. The van der Waals surface area contributed by atoms with Gasteiger partial charge in [0.2, 0.25) is 0 Å². The molecule has 0 heterocycles. The summed E-state index contributed by atoms with van der Waals surface area (Å²) in [5, 5.41) is 0. The van der Waals surface area contributed by atoms with Crippen molar-refractivity contribution < 1.29 is 0 Å². The Balaban J connectivity index is 1.80. The molecule has 0 atom stereocenters. The highest BCUT2D eigenvalue weighted by Crippen LogP contribution is 2.33. The molecule has 1 nitrogen and oxygen atoms in total. The van der Waals surface area contributed by atoms with E-state index in [1.165, 1.54) is 70.6 Å². The molecule has 0 radical (unpaired) electrons. The smallest absolute Gasteiger partial charge is 0.0154 e. The van der Waals surface area contributed by atoms with Gasteiger partial charge in [0.15, 0.2) is 0 Å². The minimum atomic E-state index is 0.267. The van der Waals surface area contributed by atoms with Gasteiger partial charge in [-0.15, -0.1) is 0 Å². The zero-order chi connectivity index (χ0) is 10.3. The van der Waals surface area contributed by atoms with Crippen LogP contribution in [0.2, 0.25) is 0 Å². The molecule has 1 saturated carbocycles. The Morgan fingerprint density at radius 3 is 2.00 bits per heavy atom. The summed E-state index contributed by atoms with van der Waals surface area (Å²) in [5.41, 5.74) is 6.43. The first kappa shape index (κ1) is 12.0. The van der Waals surface area contributed by atoms with Crippen LogP contribution in [0.25, 0.3) is 0 Å². The molecule has 0 aromatic rings. The maximum absolute atomic E-state index is 6.17. The normalized spacial score (nSPS) is 19.3. The molecule has 0 aromatic heterocycles. The molecule has 1 heteroatoms. The van der Waals surface area contributed by atoms with Gasteiger partial charge in [-0.25, -0.2) is 0 Å². The van der Waals surface area contributed by atoms with Gasteiger partial charge in [0.25, 0.3) is 0 Å². The molecule has 0 bridgehead atoms. The van der Waals surface area contributed by atoms with E-state index in [9.17, 15) is 0 Å². The highest BCUT2D eigenvalue weighted by molar-refractivity contribution is 4.91. The molecule has 2 N–H and O–H groups in total. The van der Waals surface area contributed by atoms with Crippen LogP contribution in [0.3, 0.4) is 0 Å². The van der Waals surface area contributed by atoms with Crippen LogP contribution in [0, 0.1) is 0 Å². The van der Waals surface area contributed by atoms with Crippen molar-refractivity contribution in [3.63, 3.8) is 0 Å². The Kier molecular flexibility index (Phi) is 5.54. The standard InChI is InChI=1S/C13H27N/c1-2-3-4-5-6-7-8-10-13(14)11-9-12-13/h2-12,14H2,1H3. The summed E-state index contributed by atoms with van der Waals surface area (Å²) in [6, 6.07) is 0. The van der Waals surface area contributed by atoms with Gasteiger partial charge in [-0.3, -0.25) is 0 Å². The molecule has 0 spiro atoms. The van der Waals surface area contributed by atoms with E-state index >= 15 is 0 Å². The Bertz CT molecular complexity index is 138. The molecule has 0 amide bonds. The zero-order valence-electron chi connectivity index (χ0n) is 9.86. The van der Waals surface area contributed by atoms with Gasteiger partial charge in [-0.2, -0.15) is 0 Å². The van der Waals surface area contributed by atoms with Gasteiger partial charge in [0.05, 0.1) is 0 Å². The minimum absolute atomic E-state index is 0.267. The van der Waals surface area contributed by atoms with Gasteiger partial charge in [-0.1, -0.05) is 51.9 Å². The van der Waals surface area contributed by atoms with Crippen molar-refractivity contribution in [2.75, 3.05) is 0 Å². The third-order valence-electron chi connectivity index (χ3n) is 3.63. The summed E-state index contributed by atoms with van der Waals surface area (Å²) in [4.78, 5) is 0. The Labute approximate surface area is 89.5 Å². The quantitative estimate of drug-likeness (QED) is 0.585. The van der Waals surface area contributed by atoms with Gasteiger partial charge >= 0.3 is 0 Å². The molecule has 84 valence electrons. The number of hydrogen-bond donors (Lipinski definition) is 1. The monoisotopic (exact) mass is 197 g/mol. The molecule has 0 saturated heterocycles. The fraction of sp³-hybridized carbons (Fsp3) is 1.00. The Morgan fingerprint density at radius 1 is 0.929 bits per heavy atom. The topological polar surface area (TPSA) is 26.0 Å². The number of unbranched alkanes of at least 4 members (excludes halogenated alkanes) is 6. The van der Waals surface area contributed by atoms with Gasteiger partial charge in [0.1, 0.15) is 0 Å². The molecule has 1 aliphatic carbocycles. The fourth-order valence-electron chi connectivity index (χ4n) is 2.32. The SMILES string of the molecule is CCCCCCCCCC1(N)CCC1. The van der Waals surface area contributed by atoms with E-state index in [1.807, 2.05) is 0 Å². The van der Waals surface area contributed by atoms with E-state index in [-0.39, 0.29) is 5.54 Å². The lowest BCUT2D eigenvalue weighted by molar-refractivity contribution is 0.224. The van der Waals surface area contributed by atoms with Crippen molar-refractivity contribution in [2.45, 2.75) is 83.1 Å². The first-order valence-corrected chi connectivity index (χ1v) is 6.56. The predicted octanol–water partition coefficient (Wildman–Crippen LogP) is 4.01. The lowest BCUT2D eigenvalue weighted by Crippen LogP contribution is -2.46. The minimum Gasteiger partial charge on any atom is -0.325 e. The molecule has 0 aromatic carbocycles. The summed E-state index contributed by atoms with van der Waals surface area (Å²) >= 11 is 0. The van der Waals surface area contributed by atoms with Crippen LogP contribution in [0.4, 0.5) is 0 Å². The van der Waals surface area contributed by atoms with E-state index in [0.29, 0.717) is 0 Å². The van der Waals surface area contributed by atoms with Crippen LogP contribution >= 0.6 is 0 Å². The first-order valence-electron chi connectivity index (χ1n) is 6.56. The molecular weight excluding hydrogens is 170 g/mol. The van der Waals surface area contributed by atoms with Gasteiger partial charge < -0.3 is 5.73 Å². The zero-order valence-corrected chi connectivity index (χ0v) is 9.86. The lowest BCUT2D eigenvalue weighted by atomic mass is 9.74. The maximum Gasteiger partial charge on any atom is 0.0154 e. The average Bonchev–Trinajstić information content (AvgIpc) is 2.14. The fourth-order valence-corrected chi connectivity index (χ4v) is 2.32. The maximum atomic E-state index is 6.17. The predicted molar refractivity (Wildman–Crippen MR) is 63.4 cm³/mol. The number of nitrogens with two attached hydrogens (primary N) is 1. The van der Waals surface area contributed by atoms with Crippen LogP contribution in [0.15, 0.2) is 0 Å². The van der Waals surface area contributed by atoms with Crippen molar-refractivity contribution in [3.8, 4) is 0 Å². The molecular formula is C13H27N. The summed E-state index contributed by atoms with van der Waals surface area (Å²) in [6.45, 7) is 2.27. The second kappa shape index (κ2) is 6.44. The third-order valence-corrected chi connectivity index (χ3v) is 3.63. The van der Waals surface area contributed by atoms with Crippen molar-refractivity contribution in [2.24, 2.45) is 5.73 Å². The third kappa shape index (κ3) is 4.45. The molecule has 1 aliphatic rings. The molecule has 1 fully saturated rings. The van der Waals surface area contributed by atoms with E-state index < -0.39 is 0 Å². The largest absolute Gasteiger partial charge is 0.325 e. The summed E-state index contributed by atoms with van der Waals surface area (Å²) in [7, 11) is 0. The number of rotatable bonds is 8. The van der Waals surface area contributed by atoms with Crippen LogP contribution in [-0.2, 0) is 0 Å². The first-order chi connectivity index (χ1) is 6.77. The second-order valence-corrected chi connectivity index (χ2v) is 5.09. The van der Waals surface area contributed by atoms with Crippen molar-refractivity contribution >= 4 is 0 Å². The highest BCUT2D eigenvalue weighted by Gasteiger charge is 2.31. The number of hydrogen-bond acceptors (Lipinski definition) is 1. The van der Waals surface area contributed by atoms with Crippen LogP contribution in [0.1, 0.15) is 77.6 Å². The van der Waals surface area contributed by atoms with E-state index in [0.717, 1.165) is 0 Å². The van der Waals surface area contributed by atoms with Crippen molar-refractivity contribution in [1.82, 2.24) is 0 Å². The highest BCUT2D eigenvalue weighted by atomic mass is 14.8. The summed E-state index contributed by atoms with van der Waals surface area (Å²) < 4.78 is 0.